The van der Waals surface area contributed by atoms with Gasteiger partial charge in [0.15, 0.2) is 11.9 Å². The molecule has 2 amide bonds. The van der Waals surface area contributed by atoms with Gasteiger partial charge in [-0.3, -0.25) is 23.6 Å². The second kappa shape index (κ2) is 10.1. The van der Waals surface area contributed by atoms with E-state index < -0.39 is 33.7 Å². The van der Waals surface area contributed by atoms with Crippen LogP contribution in [0.5, 0.6) is 0 Å². The highest BCUT2D eigenvalue weighted by atomic mass is 35.5. The van der Waals surface area contributed by atoms with E-state index in [-0.39, 0.29) is 30.4 Å². The van der Waals surface area contributed by atoms with Gasteiger partial charge in [0.25, 0.3) is 11.7 Å². The molecule has 4 aliphatic heterocycles. The molecule has 196 valence electrons. The summed E-state index contributed by atoms with van der Waals surface area (Å²) in [6, 6.07) is 3.15. The van der Waals surface area contributed by atoms with E-state index in [0.29, 0.717) is 54.0 Å². The smallest absolute Gasteiger partial charge is 0.302 e. The summed E-state index contributed by atoms with van der Waals surface area (Å²) in [7, 11) is -3.65. The molecule has 5 rings (SSSR count). The molecule has 4 aliphatic rings. The second-order valence-electron chi connectivity index (χ2n) is 8.79. The molecule has 1 atom stereocenters. The summed E-state index contributed by atoms with van der Waals surface area (Å²) in [5.74, 6) is -2.87. The molecule has 2 fully saturated rings. The molecule has 0 spiro atoms. The van der Waals surface area contributed by atoms with E-state index in [1.165, 1.54) is 10.5 Å². The fraction of sp³-hybridized carbons (Fsp3) is 0.391. The molecule has 1 aromatic rings. The van der Waals surface area contributed by atoms with Gasteiger partial charge >= 0.3 is 5.91 Å². The maximum atomic E-state index is 13.2. The Morgan fingerprint density at radius 3 is 2.57 bits per heavy atom. The van der Waals surface area contributed by atoms with Crippen molar-refractivity contribution in [1.82, 2.24) is 19.4 Å². The highest BCUT2D eigenvalue weighted by Gasteiger charge is 2.45. The minimum Gasteiger partial charge on any atom is -0.378 e. The van der Waals surface area contributed by atoms with E-state index >= 15 is 0 Å². The molecule has 2 saturated heterocycles. The van der Waals surface area contributed by atoms with Crippen molar-refractivity contribution in [2.24, 2.45) is 4.99 Å². The molecule has 0 radical (unpaired) electrons. The Balaban J connectivity index is 1.47. The predicted octanol–water partition coefficient (Wildman–Crippen LogP) is 0.895. The number of morpholine rings is 1. The average Bonchev–Trinajstić information content (AvgIpc) is 3.25. The van der Waals surface area contributed by atoms with Crippen molar-refractivity contribution in [2.75, 3.05) is 38.6 Å². The molecule has 1 unspecified atom stereocenters. The molecule has 0 bridgehead atoms. The Bertz CT molecular complexity index is 1370. The standard InChI is InChI=1S/C23H23Cl2N5O6S/c24-16-3-2-14(10-17(16)25)12-26-22(32)19-20(31)23(33)29-13-15(28-5-7-36-8-6-28)11-18(21(29)27-19)30-4-1-9-37(30,34)35/h2-3,10-11,13,19H,1,4-9,12H2,(H,26,32). The van der Waals surface area contributed by atoms with Crippen LogP contribution in [0.25, 0.3) is 0 Å². The third-order valence-corrected chi connectivity index (χ3v) is 8.97. The van der Waals surface area contributed by atoms with Crippen LogP contribution in [0, 0.1) is 0 Å². The third kappa shape index (κ3) is 4.98. The van der Waals surface area contributed by atoms with Crippen LogP contribution in [0.3, 0.4) is 0 Å². The maximum absolute atomic E-state index is 13.2. The highest BCUT2D eigenvalue weighted by molar-refractivity contribution is 7.89. The van der Waals surface area contributed by atoms with Crippen molar-refractivity contribution in [1.29, 1.82) is 0 Å². The van der Waals surface area contributed by atoms with Crippen molar-refractivity contribution in [2.45, 2.75) is 19.0 Å². The number of nitrogens with zero attached hydrogens (tertiary/aromatic N) is 4. The lowest BCUT2D eigenvalue weighted by Gasteiger charge is -2.38. The number of nitrogens with one attached hydrogen (secondary N) is 1. The number of benzene rings is 1. The molecule has 37 heavy (non-hydrogen) atoms. The number of hydrogen-bond acceptors (Lipinski definition) is 8. The highest BCUT2D eigenvalue weighted by Crippen LogP contribution is 2.30. The van der Waals surface area contributed by atoms with Crippen molar-refractivity contribution in [3.8, 4) is 0 Å². The lowest BCUT2D eigenvalue weighted by Crippen LogP contribution is -2.55. The number of halogens is 2. The van der Waals surface area contributed by atoms with Crippen LogP contribution in [0.15, 0.2) is 46.9 Å². The predicted molar refractivity (Wildman–Crippen MR) is 135 cm³/mol. The Hall–Kier alpha value is -2.93. The van der Waals surface area contributed by atoms with E-state index in [2.05, 4.69) is 10.3 Å². The molecular weight excluding hydrogens is 545 g/mol. The second-order valence-corrected chi connectivity index (χ2v) is 11.6. The summed E-state index contributed by atoms with van der Waals surface area (Å²) in [5, 5.41) is 3.26. The summed E-state index contributed by atoms with van der Waals surface area (Å²) in [6.45, 7) is 2.23. The number of rotatable bonds is 5. The van der Waals surface area contributed by atoms with Crippen molar-refractivity contribution >= 4 is 56.7 Å². The van der Waals surface area contributed by atoms with Crippen LogP contribution in [0.2, 0.25) is 10.0 Å². The van der Waals surface area contributed by atoms with Gasteiger partial charge in [-0.2, -0.15) is 0 Å². The van der Waals surface area contributed by atoms with Gasteiger partial charge in [0.05, 0.1) is 40.4 Å². The molecule has 0 aliphatic carbocycles. The van der Waals surface area contributed by atoms with Gasteiger partial charge in [0.1, 0.15) is 0 Å². The number of ketones is 1. The minimum atomic E-state index is -3.65. The number of allylic oxidation sites excluding steroid dienone is 1. The fourth-order valence-corrected chi connectivity index (χ4v) is 6.34. The van der Waals surface area contributed by atoms with Crippen LogP contribution in [-0.4, -0.2) is 90.6 Å². The normalized spacial score (nSPS) is 23.4. The number of carbonyl (C=O) groups is 3. The monoisotopic (exact) mass is 567 g/mol. The topological polar surface area (TPSA) is 129 Å². The van der Waals surface area contributed by atoms with Crippen LogP contribution in [0.1, 0.15) is 12.0 Å². The number of sulfonamides is 1. The first kappa shape index (κ1) is 25.7. The van der Waals surface area contributed by atoms with Crippen LogP contribution in [-0.2, 0) is 35.7 Å². The summed E-state index contributed by atoms with van der Waals surface area (Å²) in [5.41, 5.74) is 1.35. The van der Waals surface area contributed by atoms with Gasteiger partial charge < -0.3 is 15.0 Å². The van der Waals surface area contributed by atoms with Crippen molar-refractivity contribution in [3.05, 3.63) is 57.5 Å². The Labute approximate surface area is 223 Å². The van der Waals surface area contributed by atoms with E-state index in [0.717, 1.165) is 4.90 Å². The number of amidine groups is 1. The fourth-order valence-electron chi connectivity index (χ4n) is 4.46. The van der Waals surface area contributed by atoms with Crippen molar-refractivity contribution < 1.29 is 27.5 Å². The maximum Gasteiger partial charge on any atom is 0.302 e. The molecule has 1 N–H and O–H groups in total. The first-order valence-corrected chi connectivity index (χ1v) is 14.0. The number of aliphatic imine (C=N–C) groups is 1. The lowest BCUT2D eigenvalue weighted by atomic mass is 10.1. The van der Waals surface area contributed by atoms with E-state index in [4.69, 9.17) is 27.9 Å². The zero-order chi connectivity index (χ0) is 26.3. The van der Waals surface area contributed by atoms with E-state index in [9.17, 15) is 22.8 Å². The number of hydrogen-bond donors (Lipinski definition) is 1. The first-order chi connectivity index (χ1) is 17.7. The quantitative estimate of drug-likeness (QED) is 0.413. The molecule has 0 aromatic heterocycles. The Morgan fingerprint density at radius 1 is 1.14 bits per heavy atom. The SMILES string of the molecule is O=C(NCc1ccc(Cl)c(Cl)c1)C1N=C2C(N3CCCS3(=O)=O)=CC(N3CCOCC3)=CN2C(=O)C1=O. The summed E-state index contributed by atoms with van der Waals surface area (Å²) in [6.07, 6.45) is 3.50. The van der Waals surface area contributed by atoms with Gasteiger partial charge in [-0.05, 0) is 30.2 Å². The average molecular weight is 568 g/mol. The van der Waals surface area contributed by atoms with Gasteiger partial charge in [-0.25, -0.2) is 13.4 Å². The molecule has 4 heterocycles. The number of fused-ring (bicyclic) bond motifs is 1. The molecule has 0 saturated carbocycles. The summed E-state index contributed by atoms with van der Waals surface area (Å²) >= 11 is 11.9. The van der Waals surface area contributed by atoms with Gasteiger partial charge in [-0.1, -0.05) is 29.3 Å². The zero-order valence-corrected chi connectivity index (χ0v) is 21.9. The zero-order valence-electron chi connectivity index (χ0n) is 19.5. The molecule has 14 heteroatoms. The number of carbonyl (C=O) groups excluding carboxylic acids is 3. The van der Waals surface area contributed by atoms with Crippen LogP contribution < -0.4 is 5.32 Å². The summed E-state index contributed by atoms with van der Waals surface area (Å²) < 4.78 is 32.2. The molecular formula is C23H23Cl2N5O6S. The largest absolute Gasteiger partial charge is 0.378 e. The number of ether oxygens (including phenoxy) is 1. The Morgan fingerprint density at radius 2 is 1.89 bits per heavy atom. The lowest BCUT2D eigenvalue weighted by molar-refractivity contribution is -0.144. The van der Waals surface area contributed by atoms with E-state index in [1.807, 2.05) is 4.90 Å². The van der Waals surface area contributed by atoms with Gasteiger partial charge in [0.2, 0.25) is 10.0 Å². The minimum absolute atomic E-state index is 0.0204. The van der Waals surface area contributed by atoms with Crippen molar-refractivity contribution in [3.63, 3.8) is 0 Å². The van der Waals surface area contributed by atoms with Crippen LogP contribution in [0.4, 0.5) is 0 Å². The summed E-state index contributed by atoms with van der Waals surface area (Å²) in [4.78, 5) is 46.4. The van der Waals surface area contributed by atoms with Crippen LogP contribution >= 0.6 is 23.2 Å². The first-order valence-electron chi connectivity index (χ1n) is 11.6. The Kier molecular flexibility index (Phi) is 7.01. The van der Waals surface area contributed by atoms with Gasteiger partial charge in [-0.15, -0.1) is 0 Å². The van der Waals surface area contributed by atoms with E-state index in [1.54, 1.807) is 24.3 Å². The van der Waals surface area contributed by atoms with Gasteiger partial charge in [0, 0.05) is 32.4 Å². The molecule has 1 aromatic carbocycles. The third-order valence-electron chi connectivity index (χ3n) is 6.38. The number of amides is 2. The molecule has 11 nitrogen and oxygen atoms in total. The number of Topliss-reactive ketones (excluding diaryl/α,β-unsaturated/α-hetero) is 1.